The molecule has 3 aromatic carbocycles. The van der Waals surface area contributed by atoms with Crippen LogP contribution in [0.25, 0.3) is 23.1 Å². The largest absolute Gasteiger partial charge is 0.497 e. The van der Waals surface area contributed by atoms with Crippen molar-refractivity contribution in [3.05, 3.63) is 95.7 Å². The van der Waals surface area contributed by atoms with Crippen LogP contribution in [0.3, 0.4) is 0 Å². The second-order valence-electron chi connectivity index (χ2n) is 7.86. The van der Waals surface area contributed by atoms with Gasteiger partial charge in [0.15, 0.2) is 0 Å². The second kappa shape index (κ2) is 11.1. The molecule has 0 unspecified atom stereocenters. The van der Waals surface area contributed by atoms with E-state index in [1.165, 1.54) is 5.69 Å². The Kier molecular flexibility index (Phi) is 7.56. The summed E-state index contributed by atoms with van der Waals surface area (Å²) in [7, 11) is 1.67. The smallest absolute Gasteiger partial charge is 0.119 e. The lowest BCUT2D eigenvalue weighted by molar-refractivity contribution is 0.415. The molecular weight excluding hydrogens is 420 g/mol. The van der Waals surface area contributed by atoms with Crippen LogP contribution in [0, 0.1) is 0 Å². The predicted molar refractivity (Wildman–Crippen MR) is 145 cm³/mol. The molecule has 0 aliphatic heterocycles. The number of fused-ring (bicyclic) bond motifs is 1. The Hall–Kier alpha value is -4.12. The fourth-order valence-corrected chi connectivity index (χ4v) is 3.81. The maximum absolute atomic E-state index is 5.42. The minimum Gasteiger partial charge on any atom is -0.497 e. The number of rotatable bonds is 9. The lowest BCUT2D eigenvalue weighted by atomic mass is 10.1. The number of pyridine rings is 1. The van der Waals surface area contributed by atoms with E-state index in [1.54, 1.807) is 7.11 Å². The van der Waals surface area contributed by atoms with Crippen molar-refractivity contribution in [3.63, 3.8) is 0 Å². The minimum atomic E-state index is 0.779. The summed E-state index contributed by atoms with van der Waals surface area (Å²) in [6.45, 7) is 6.32. The van der Waals surface area contributed by atoms with Crippen LogP contribution in [-0.4, -0.2) is 31.4 Å². The molecule has 0 spiro atoms. The topological polar surface area (TPSA) is 49.8 Å². The fourth-order valence-electron chi connectivity index (χ4n) is 3.81. The average molecular weight is 451 g/mol. The number of ether oxygens (including phenoxy) is 1. The van der Waals surface area contributed by atoms with E-state index in [9.17, 15) is 0 Å². The van der Waals surface area contributed by atoms with Gasteiger partial charge in [-0.3, -0.25) is 5.43 Å². The van der Waals surface area contributed by atoms with Gasteiger partial charge in [-0.1, -0.05) is 48.5 Å². The summed E-state index contributed by atoms with van der Waals surface area (Å²) in [6.07, 6.45) is 5.90. The molecule has 0 amide bonds. The highest BCUT2D eigenvalue weighted by Crippen LogP contribution is 2.28. The molecule has 5 heteroatoms. The molecular formula is C29H30N4O. The number of nitrogens with one attached hydrogen (secondary N) is 1. The highest BCUT2D eigenvalue weighted by molar-refractivity contribution is 5.94. The zero-order valence-corrected chi connectivity index (χ0v) is 19.9. The van der Waals surface area contributed by atoms with Gasteiger partial charge in [0.05, 0.1) is 30.2 Å². The van der Waals surface area contributed by atoms with Gasteiger partial charge in [0.2, 0.25) is 0 Å². The Labute approximate surface area is 201 Å². The van der Waals surface area contributed by atoms with E-state index >= 15 is 0 Å². The molecule has 0 aliphatic rings. The number of hydrogen-bond acceptors (Lipinski definition) is 5. The standard InChI is InChI=1S/C29H30N4O/c1-4-33(5-2)25-15-12-23(13-16-25)21-30-32-29-19-24(14-11-22-9-7-6-8-10-22)31-28-18-17-26(34-3)20-27(28)29/h6-21H,4-5H2,1-3H3,(H,31,32). The van der Waals surface area contributed by atoms with E-state index in [0.717, 1.165) is 52.3 Å². The van der Waals surface area contributed by atoms with Crippen molar-refractivity contribution in [2.75, 3.05) is 30.5 Å². The fraction of sp³-hybridized carbons (Fsp3) is 0.172. The molecule has 0 radical (unpaired) electrons. The Morgan fingerprint density at radius 2 is 1.65 bits per heavy atom. The van der Waals surface area contributed by atoms with Gasteiger partial charge in [-0.05, 0) is 67.4 Å². The maximum Gasteiger partial charge on any atom is 0.119 e. The molecule has 5 nitrogen and oxygen atoms in total. The van der Waals surface area contributed by atoms with Crippen LogP contribution in [0.2, 0.25) is 0 Å². The molecule has 4 rings (SSSR count). The van der Waals surface area contributed by atoms with Crippen molar-refractivity contribution in [2.24, 2.45) is 5.10 Å². The van der Waals surface area contributed by atoms with Gasteiger partial charge >= 0.3 is 0 Å². The molecule has 172 valence electrons. The molecule has 1 aromatic heterocycles. The molecule has 34 heavy (non-hydrogen) atoms. The molecule has 0 atom stereocenters. The molecule has 1 heterocycles. The van der Waals surface area contributed by atoms with Crippen LogP contribution in [0.5, 0.6) is 5.75 Å². The zero-order valence-electron chi connectivity index (χ0n) is 19.9. The normalized spacial score (nSPS) is 11.4. The zero-order chi connectivity index (χ0) is 23.8. The summed E-state index contributed by atoms with van der Waals surface area (Å²) < 4.78 is 5.42. The van der Waals surface area contributed by atoms with Crippen LogP contribution in [0.15, 0.2) is 84.0 Å². The maximum atomic E-state index is 5.42. The van der Waals surface area contributed by atoms with Crippen molar-refractivity contribution in [2.45, 2.75) is 13.8 Å². The molecule has 0 aliphatic carbocycles. The van der Waals surface area contributed by atoms with Gasteiger partial charge < -0.3 is 9.64 Å². The Bertz CT molecular complexity index is 1280. The van der Waals surface area contributed by atoms with Crippen LogP contribution < -0.4 is 15.1 Å². The van der Waals surface area contributed by atoms with E-state index in [2.05, 4.69) is 71.7 Å². The average Bonchev–Trinajstić information content (AvgIpc) is 2.89. The molecule has 1 N–H and O–H groups in total. The number of methoxy groups -OCH3 is 1. The first-order valence-electron chi connectivity index (χ1n) is 11.6. The van der Waals surface area contributed by atoms with E-state index in [1.807, 2.05) is 54.8 Å². The minimum absolute atomic E-state index is 0.779. The van der Waals surface area contributed by atoms with Gasteiger partial charge in [-0.2, -0.15) is 5.10 Å². The molecule has 4 aromatic rings. The van der Waals surface area contributed by atoms with Crippen molar-refractivity contribution >= 4 is 40.6 Å². The Morgan fingerprint density at radius 3 is 2.35 bits per heavy atom. The first kappa shape index (κ1) is 23.1. The number of aromatic nitrogens is 1. The second-order valence-corrected chi connectivity index (χ2v) is 7.86. The lowest BCUT2D eigenvalue weighted by Crippen LogP contribution is -2.21. The molecule has 0 saturated carbocycles. The number of benzene rings is 3. The van der Waals surface area contributed by atoms with E-state index in [-0.39, 0.29) is 0 Å². The number of hydrazone groups is 1. The van der Waals surface area contributed by atoms with Gasteiger partial charge in [0, 0.05) is 24.2 Å². The van der Waals surface area contributed by atoms with E-state index in [0.29, 0.717) is 0 Å². The number of hydrogen-bond donors (Lipinski definition) is 1. The van der Waals surface area contributed by atoms with Crippen LogP contribution in [-0.2, 0) is 0 Å². The summed E-state index contributed by atoms with van der Waals surface area (Å²) >= 11 is 0. The number of anilines is 2. The highest BCUT2D eigenvalue weighted by atomic mass is 16.5. The summed E-state index contributed by atoms with van der Waals surface area (Å²) in [5, 5.41) is 5.46. The third-order valence-corrected chi connectivity index (χ3v) is 5.70. The van der Waals surface area contributed by atoms with Gasteiger partial charge in [-0.25, -0.2) is 4.98 Å². The monoisotopic (exact) mass is 450 g/mol. The summed E-state index contributed by atoms with van der Waals surface area (Å²) in [5.74, 6) is 0.779. The SMILES string of the molecule is CCN(CC)c1ccc(C=NNc2cc(C=Cc3ccccc3)nc3ccc(OC)cc23)cc1. The van der Waals surface area contributed by atoms with Crippen molar-refractivity contribution < 1.29 is 4.74 Å². The molecule has 0 saturated heterocycles. The Morgan fingerprint density at radius 1 is 0.882 bits per heavy atom. The molecule has 0 fully saturated rings. The first-order valence-corrected chi connectivity index (χ1v) is 11.6. The third kappa shape index (κ3) is 5.62. The quantitative estimate of drug-likeness (QED) is 0.228. The highest BCUT2D eigenvalue weighted by Gasteiger charge is 2.06. The predicted octanol–water partition coefficient (Wildman–Crippen LogP) is 6.71. The van der Waals surface area contributed by atoms with Crippen molar-refractivity contribution in [3.8, 4) is 5.75 Å². The third-order valence-electron chi connectivity index (χ3n) is 5.70. The van der Waals surface area contributed by atoms with Crippen LogP contribution in [0.1, 0.15) is 30.7 Å². The van der Waals surface area contributed by atoms with E-state index < -0.39 is 0 Å². The van der Waals surface area contributed by atoms with Crippen molar-refractivity contribution in [1.82, 2.24) is 4.98 Å². The van der Waals surface area contributed by atoms with Crippen molar-refractivity contribution in [1.29, 1.82) is 0 Å². The van der Waals surface area contributed by atoms with Gasteiger partial charge in [0.1, 0.15) is 5.75 Å². The summed E-state index contributed by atoms with van der Waals surface area (Å²) in [4.78, 5) is 7.12. The summed E-state index contributed by atoms with van der Waals surface area (Å²) in [6, 6.07) is 26.5. The van der Waals surface area contributed by atoms with Gasteiger partial charge in [-0.15, -0.1) is 0 Å². The lowest BCUT2D eigenvalue weighted by Gasteiger charge is -2.20. The first-order chi connectivity index (χ1) is 16.7. The Balaban J connectivity index is 1.60. The van der Waals surface area contributed by atoms with Crippen LogP contribution >= 0.6 is 0 Å². The van der Waals surface area contributed by atoms with E-state index in [4.69, 9.17) is 9.72 Å². The number of nitrogens with zero attached hydrogens (tertiary/aromatic N) is 3. The van der Waals surface area contributed by atoms with Gasteiger partial charge in [0.25, 0.3) is 0 Å². The molecule has 0 bridgehead atoms. The summed E-state index contributed by atoms with van der Waals surface area (Å²) in [5.41, 5.74) is 9.18. The van der Waals surface area contributed by atoms with Crippen LogP contribution in [0.4, 0.5) is 11.4 Å².